The van der Waals surface area contributed by atoms with E-state index in [9.17, 15) is 13.6 Å². The summed E-state index contributed by atoms with van der Waals surface area (Å²) in [5.74, 6) is -3.26. The van der Waals surface area contributed by atoms with Crippen molar-refractivity contribution in [2.24, 2.45) is 0 Å². The standard InChI is InChI=1S/C10H9BrF2O2/c1-5(2-10(14)15)6-3-8(12)9(13)4-7(6)11/h3-5H,2H2,1H3,(H,14,15). The lowest BCUT2D eigenvalue weighted by Crippen LogP contribution is -2.04. The van der Waals surface area contributed by atoms with E-state index >= 15 is 0 Å². The fraction of sp³-hybridized carbons (Fsp3) is 0.300. The molecule has 82 valence electrons. The monoisotopic (exact) mass is 278 g/mol. The van der Waals surface area contributed by atoms with Crippen molar-refractivity contribution >= 4 is 21.9 Å². The van der Waals surface area contributed by atoms with Crippen LogP contribution in [0.1, 0.15) is 24.8 Å². The van der Waals surface area contributed by atoms with E-state index in [4.69, 9.17) is 5.11 Å². The SMILES string of the molecule is CC(CC(=O)O)c1cc(F)c(F)cc1Br. The summed E-state index contributed by atoms with van der Waals surface area (Å²) >= 11 is 3.07. The molecule has 1 aromatic rings. The second kappa shape index (κ2) is 4.70. The van der Waals surface area contributed by atoms with Crippen molar-refractivity contribution in [2.75, 3.05) is 0 Å². The first kappa shape index (κ1) is 12.1. The van der Waals surface area contributed by atoms with Crippen molar-refractivity contribution in [2.45, 2.75) is 19.3 Å². The Kier molecular flexibility index (Phi) is 3.79. The van der Waals surface area contributed by atoms with Crippen LogP contribution < -0.4 is 0 Å². The fourth-order valence-electron chi connectivity index (χ4n) is 1.29. The predicted octanol–water partition coefficient (Wildman–Crippen LogP) is 3.31. The van der Waals surface area contributed by atoms with Crippen LogP contribution in [0.15, 0.2) is 16.6 Å². The minimum Gasteiger partial charge on any atom is -0.481 e. The predicted molar refractivity (Wildman–Crippen MR) is 54.7 cm³/mol. The summed E-state index contributed by atoms with van der Waals surface area (Å²) in [6, 6.07) is 2.02. The number of aliphatic carboxylic acids is 1. The highest BCUT2D eigenvalue weighted by molar-refractivity contribution is 9.10. The van der Waals surface area contributed by atoms with E-state index in [1.165, 1.54) is 0 Å². The van der Waals surface area contributed by atoms with Gasteiger partial charge in [-0.25, -0.2) is 8.78 Å². The third-order valence-electron chi connectivity index (χ3n) is 2.05. The topological polar surface area (TPSA) is 37.3 Å². The van der Waals surface area contributed by atoms with Crippen LogP contribution >= 0.6 is 15.9 Å². The van der Waals surface area contributed by atoms with E-state index < -0.39 is 17.6 Å². The van der Waals surface area contributed by atoms with Gasteiger partial charge < -0.3 is 5.11 Å². The third kappa shape index (κ3) is 2.99. The molecule has 1 unspecified atom stereocenters. The maximum Gasteiger partial charge on any atom is 0.303 e. The molecular formula is C10H9BrF2O2. The molecule has 1 N–H and O–H groups in total. The Morgan fingerprint density at radius 2 is 2.00 bits per heavy atom. The number of carbonyl (C=O) groups is 1. The van der Waals surface area contributed by atoms with Crippen LogP contribution in [0, 0.1) is 11.6 Å². The van der Waals surface area contributed by atoms with Crippen LogP contribution in [-0.2, 0) is 4.79 Å². The van der Waals surface area contributed by atoms with Gasteiger partial charge in [-0.2, -0.15) is 0 Å². The van der Waals surface area contributed by atoms with Gasteiger partial charge in [0.15, 0.2) is 11.6 Å². The van der Waals surface area contributed by atoms with Gasteiger partial charge in [0.25, 0.3) is 0 Å². The summed E-state index contributed by atoms with van der Waals surface area (Å²) in [7, 11) is 0. The number of carboxylic acid groups (broad SMARTS) is 1. The Hall–Kier alpha value is -0.970. The third-order valence-corrected chi connectivity index (χ3v) is 2.74. The lowest BCUT2D eigenvalue weighted by atomic mass is 9.98. The quantitative estimate of drug-likeness (QED) is 0.862. The maximum atomic E-state index is 12.9. The fourth-order valence-corrected chi connectivity index (χ4v) is 1.99. The summed E-state index contributed by atoms with van der Waals surface area (Å²) in [4.78, 5) is 10.5. The average molecular weight is 279 g/mol. The van der Waals surface area contributed by atoms with E-state index in [0.717, 1.165) is 12.1 Å². The van der Waals surface area contributed by atoms with Gasteiger partial charge in [-0.1, -0.05) is 22.9 Å². The van der Waals surface area contributed by atoms with E-state index in [0.29, 0.717) is 10.0 Å². The summed E-state index contributed by atoms with van der Waals surface area (Å²) < 4.78 is 26.1. The van der Waals surface area contributed by atoms with Crippen LogP contribution in [0.3, 0.4) is 0 Å². The molecular weight excluding hydrogens is 270 g/mol. The highest BCUT2D eigenvalue weighted by Crippen LogP contribution is 2.29. The summed E-state index contributed by atoms with van der Waals surface area (Å²) in [6.45, 7) is 1.64. The molecule has 0 aliphatic carbocycles. The Morgan fingerprint density at radius 1 is 1.47 bits per heavy atom. The zero-order valence-electron chi connectivity index (χ0n) is 7.93. The number of halogens is 3. The van der Waals surface area contributed by atoms with Crippen LogP contribution in [0.4, 0.5) is 8.78 Å². The highest BCUT2D eigenvalue weighted by atomic mass is 79.9. The lowest BCUT2D eigenvalue weighted by Gasteiger charge is -2.11. The molecule has 0 aliphatic heterocycles. The smallest absolute Gasteiger partial charge is 0.303 e. The minimum atomic E-state index is -0.973. The number of benzene rings is 1. The maximum absolute atomic E-state index is 12.9. The van der Waals surface area contributed by atoms with Gasteiger partial charge in [-0.05, 0) is 23.6 Å². The molecule has 0 saturated carbocycles. The number of carboxylic acids is 1. The second-order valence-corrected chi connectivity index (χ2v) is 4.14. The van der Waals surface area contributed by atoms with Gasteiger partial charge in [-0.3, -0.25) is 4.79 Å². The van der Waals surface area contributed by atoms with E-state index in [1.54, 1.807) is 6.92 Å². The number of hydrogen-bond acceptors (Lipinski definition) is 1. The van der Waals surface area contributed by atoms with Crippen molar-refractivity contribution in [3.63, 3.8) is 0 Å². The molecule has 1 atom stereocenters. The first-order valence-electron chi connectivity index (χ1n) is 4.28. The molecule has 0 aliphatic rings. The van der Waals surface area contributed by atoms with Crippen molar-refractivity contribution < 1.29 is 18.7 Å². The van der Waals surface area contributed by atoms with Crippen LogP contribution in [0.2, 0.25) is 0 Å². The Labute approximate surface area is 94.0 Å². The molecule has 2 nitrogen and oxygen atoms in total. The van der Waals surface area contributed by atoms with Gasteiger partial charge in [-0.15, -0.1) is 0 Å². The van der Waals surface area contributed by atoms with Crippen LogP contribution in [-0.4, -0.2) is 11.1 Å². The van der Waals surface area contributed by atoms with Crippen molar-refractivity contribution in [1.82, 2.24) is 0 Å². The van der Waals surface area contributed by atoms with Gasteiger partial charge in [0, 0.05) is 4.47 Å². The second-order valence-electron chi connectivity index (χ2n) is 3.29. The van der Waals surface area contributed by atoms with Crippen LogP contribution in [0.25, 0.3) is 0 Å². The Bertz CT molecular complexity index is 393. The average Bonchev–Trinajstić information content (AvgIpc) is 2.09. The minimum absolute atomic E-state index is 0.121. The summed E-state index contributed by atoms with van der Waals surface area (Å²) in [5.41, 5.74) is 0.455. The molecule has 15 heavy (non-hydrogen) atoms. The number of hydrogen-bond donors (Lipinski definition) is 1. The molecule has 0 amide bonds. The van der Waals surface area contributed by atoms with Crippen LogP contribution in [0.5, 0.6) is 0 Å². The van der Waals surface area contributed by atoms with E-state index in [2.05, 4.69) is 15.9 Å². The van der Waals surface area contributed by atoms with E-state index in [1.807, 2.05) is 0 Å². The molecule has 1 rings (SSSR count). The van der Waals surface area contributed by atoms with Crippen molar-refractivity contribution in [3.05, 3.63) is 33.8 Å². The molecule has 0 heterocycles. The molecule has 0 saturated heterocycles. The van der Waals surface area contributed by atoms with Crippen molar-refractivity contribution in [3.8, 4) is 0 Å². The molecule has 1 aromatic carbocycles. The first-order chi connectivity index (χ1) is 6.91. The molecule has 0 bridgehead atoms. The Balaban J connectivity index is 3.03. The van der Waals surface area contributed by atoms with Gasteiger partial charge >= 0.3 is 5.97 Å². The van der Waals surface area contributed by atoms with Gasteiger partial charge in [0.2, 0.25) is 0 Å². The van der Waals surface area contributed by atoms with Crippen molar-refractivity contribution in [1.29, 1.82) is 0 Å². The largest absolute Gasteiger partial charge is 0.481 e. The lowest BCUT2D eigenvalue weighted by molar-refractivity contribution is -0.137. The zero-order valence-corrected chi connectivity index (χ0v) is 9.51. The summed E-state index contributed by atoms with van der Waals surface area (Å²) in [5, 5.41) is 8.58. The molecule has 5 heteroatoms. The highest BCUT2D eigenvalue weighted by Gasteiger charge is 2.16. The van der Waals surface area contributed by atoms with Gasteiger partial charge in [0.05, 0.1) is 6.42 Å². The zero-order chi connectivity index (χ0) is 11.6. The normalized spacial score (nSPS) is 12.5. The molecule has 0 aromatic heterocycles. The van der Waals surface area contributed by atoms with Gasteiger partial charge in [0.1, 0.15) is 0 Å². The summed E-state index contributed by atoms with van der Waals surface area (Å²) in [6.07, 6.45) is -0.121. The van der Waals surface area contributed by atoms with E-state index in [-0.39, 0.29) is 12.3 Å². The molecule has 0 fully saturated rings. The Morgan fingerprint density at radius 3 is 2.53 bits per heavy atom. The molecule has 0 spiro atoms. The number of rotatable bonds is 3. The first-order valence-corrected chi connectivity index (χ1v) is 5.07. The molecule has 0 radical (unpaired) electrons.